The Morgan fingerprint density at radius 2 is 1.62 bits per heavy atom. The van der Waals surface area contributed by atoms with Crippen LogP contribution in [0.15, 0.2) is 60.7 Å². The van der Waals surface area contributed by atoms with Gasteiger partial charge in [-0.1, -0.05) is 81.4 Å². The lowest BCUT2D eigenvalue weighted by Crippen LogP contribution is -2.46. The minimum absolute atomic E-state index is 0.152. The van der Waals surface area contributed by atoms with Gasteiger partial charge in [-0.2, -0.15) is 5.10 Å². The van der Waals surface area contributed by atoms with Gasteiger partial charge >= 0.3 is 0 Å². The van der Waals surface area contributed by atoms with Gasteiger partial charge in [0, 0.05) is 31.2 Å². The number of nitrogens with zero attached hydrogens (tertiary/aromatic N) is 4. The SMILES string of the molecule is CC(C)(C)[C@H](c1nc(-c2ccccc2)nn1Cc1ccccc1)N(CC(CO)CO)C(=O)CCl. The first-order chi connectivity index (χ1) is 16.3. The molecule has 0 aliphatic rings. The van der Waals surface area contributed by atoms with Gasteiger partial charge in [0.2, 0.25) is 5.91 Å². The average molecular weight is 485 g/mol. The number of halogens is 1. The number of benzene rings is 2. The van der Waals surface area contributed by atoms with E-state index in [4.69, 9.17) is 21.7 Å². The maximum Gasteiger partial charge on any atom is 0.238 e. The van der Waals surface area contributed by atoms with Crippen molar-refractivity contribution in [3.8, 4) is 11.4 Å². The van der Waals surface area contributed by atoms with Crippen molar-refractivity contribution in [3.05, 3.63) is 72.1 Å². The second kappa shape index (κ2) is 11.6. The second-order valence-electron chi connectivity index (χ2n) is 9.48. The number of aromatic nitrogens is 3. The van der Waals surface area contributed by atoms with Crippen LogP contribution >= 0.6 is 11.6 Å². The van der Waals surface area contributed by atoms with E-state index in [2.05, 4.69) is 0 Å². The van der Waals surface area contributed by atoms with Crippen molar-refractivity contribution in [2.45, 2.75) is 33.4 Å². The topological polar surface area (TPSA) is 91.5 Å². The van der Waals surface area contributed by atoms with Crippen molar-refractivity contribution in [2.75, 3.05) is 25.6 Å². The summed E-state index contributed by atoms with van der Waals surface area (Å²) in [5, 5.41) is 24.3. The van der Waals surface area contributed by atoms with E-state index in [9.17, 15) is 15.0 Å². The fraction of sp³-hybridized carbons (Fsp3) is 0.423. The number of alkyl halides is 1. The lowest BCUT2D eigenvalue weighted by atomic mass is 9.84. The molecule has 0 aliphatic carbocycles. The largest absolute Gasteiger partial charge is 0.396 e. The van der Waals surface area contributed by atoms with E-state index >= 15 is 0 Å². The summed E-state index contributed by atoms with van der Waals surface area (Å²) in [6.07, 6.45) is 0. The number of aliphatic hydroxyl groups is 2. The molecule has 0 unspecified atom stereocenters. The molecule has 7 nitrogen and oxygen atoms in total. The quantitative estimate of drug-likeness (QED) is 0.428. The Bertz CT molecular complexity index is 1050. The number of rotatable bonds is 10. The van der Waals surface area contributed by atoms with Crippen LogP contribution in [0, 0.1) is 11.3 Å². The van der Waals surface area contributed by atoms with Crippen molar-refractivity contribution >= 4 is 17.5 Å². The maximum absolute atomic E-state index is 13.1. The van der Waals surface area contributed by atoms with Gasteiger partial charge in [0.05, 0.1) is 12.6 Å². The van der Waals surface area contributed by atoms with Crippen LogP contribution in [0.3, 0.4) is 0 Å². The monoisotopic (exact) mass is 484 g/mol. The predicted octanol–water partition coefficient (Wildman–Crippen LogP) is 3.75. The molecule has 0 spiro atoms. The number of aliphatic hydroxyl groups excluding tert-OH is 2. The van der Waals surface area contributed by atoms with Crippen LogP contribution in [0.25, 0.3) is 11.4 Å². The molecule has 0 bridgehead atoms. The highest BCUT2D eigenvalue weighted by Gasteiger charge is 2.39. The Kier molecular flexibility index (Phi) is 8.83. The van der Waals surface area contributed by atoms with E-state index in [1.807, 2.05) is 86.1 Å². The van der Waals surface area contributed by atoms with Crippen LogP contribution in [-0.2, 0) is 11.3 Å². The van der Waals surface area contributed by atoms with Gasteiger partial charge in [0.15, 0.2) is 11.6 Å². The molecule has 8 heteroatoms. The molecule has 0 fully saturated rings. The molecular formula is C26H33ClN4O3. The zero-order valence-electron chi connectivity index (χ0n) is 19.9. The smallest absolute Gasteiger partial charge is 0.238 e. The van der Waals surface area contributed by atoms with Crippen LogP contribution < -0.4 is 0 Å². The van der Waals surface area contributed by atoms with Crippen LogP contribution in [-0.4, -0.2) is 61.4 Å². The Hall–Kier alpha value is -2.74. The average Bonchev–Trinajstić information content (AvgIpc) is 3.24. The summed E-state index contributed by atoms with van der Waals surface area (Å²) in [6.45, 7) is 6.24. The van der Waals surface area contributed by atoms with E-state index in [1.165, 1.54) is 0 Å². The highest BCUT2D eigenvalue weighted by atomic mass is 35.5. The molecule has 1 aromatic heterocycles. The summed E-state index contributed by atoms with van der Waals surface area (Å²) in [7, 11) is 0. The molecule has 3 rings (SSSR count). The van der Waals surface area contributed by atoms with E-state index < -0.39 is 17.4 Å². The Balaban J connectivity index is 2.16. The zero-order valence-corrected chi connectivity index (χ0v) is 20.7. The fourth-order valence-electron chi connectivity index (χ4n) is 4.01. The van der Waals surface area contributed by atoms with Crippen molar-refractivity contribution in [1.82, 2.24) is 19.7 Å². The Morgan fingerprint density at radius 3 is 2.15 bits per heavy atom. The van der Waals surface area contributed by atoms with Crippen molar-refractivity contribution in [3.63, 3.8) is 0 Å². The summed E-state index contributed by atoms with van der Waals surface area (Å²) in [5.74, 6) is 0.206. The number of amides is 1. The van der Waals surface area contributed by atoms with Gasteiger partial charge in [0.25, 0.3) is 0 Å². The summed E-state index contributed by atoms with van der Waals surface area (Å²) >= 11 is 6.01. The van der Waals surface area contributed by atoms with Crippen molar-refractivity contribution in [1.29, 1.82) is 0 Å². The zero-order chi connectivity index (χ0) is 24.7. The molecule has 1 heterocycles. The molecule has 2 N–H and O–H groups in total. The van der Waals surface area contributed by atoms with Gasteiger partial charge in [-0.05, 0) is 11.0 Å². The van der Waals surface area contributed by atoms with Crippen LogP contribution in [0.4, 0.5) is 0 Å². The predicted molar refractivity (Wildman–Crippen MR) is 133 cm³/mol. The van der Waals surface area contributed by atoms with Gasteiger partial charge in [-0.15, -0.1) is 11.6 Å². The van der Waals surface area contributed by atoms with Crippen molar-refractivity contribution < 1.29 is 15.0 Å². The normalized spacial score (nSPS) is 12.7. The van der Waals surface area contributed by atoms with E-state index in [1.54, 1.807) is 4.90 Å². The van der Waals surface area contributed by atoms with Gasteiger partial charge in [-0.3, -0.25) is 4.79 Å². The molecule has 34 heavy (non-hydrogen) atoms. The molecule has 0 aliphatic heterocycles. The van der Waals surface area contributed by atoms with Crippen LogP contribution in [0.2, 0.25) is 0 Å². The van der Waals surface area contributed by atoms with Gasteiger partial charge in [-0.25, -0.2) is 9.67 Å². The first-order valence-electron chi connectivity index (χ1n) is 11.4. The van der Waals surface area contributed by atoms with Crippen molar-refractivity contribution in [2.24, 2.45) is 11.3 Å². The molecule has 1 atom stereocenters. The summed E-state index contributed by atoms with van der Waals surface area (Å²) < 4.78 is 1.84. The summed E-state index contributed by atoms with van der Waals surface area (Å²) in [4.78, 5) is 19.6. The third kappa shape index (κ3) is 6.23. The highest BCUT2D eigenvalue weighted by Crippen LogP contribution is 2.39. The number of hydrogen-bond donors (Lipinski definition) is 2. The third-order valence-electron chi connectivity index (χ3n) is 5.69. The van der Waals surface area contributed by atoms with E-state index in [0.717, 1.165) is 11.1 Å². The molecule has 0 radical (unpaired) electrons. The minimum Gasteiger partial charge on any atom is -0.396 e. The highest BCUT2D eigenvalue weighted by molar-refractivity contribution is 6.27. The first kappa shape index (κ1) is 25.9. The standard InChI is InChI=1S/C26H33ClN4O3/c1-26(2,3)23(30(22(34)14-27)15-20(17-32)18-33)25-28-24(21-12-8-5-9-13-21)29-31(25)16-19-10-6-4-7-11-19/h4-13,20,23,32-33H,14-18H2,1-3H3/t23-/m0/s1. The molecule has 2 aromatic carbocycles. The number of hydrogen-bond acceptors (Lipinski definition) is 5. The lowest BCUT2D eigenvalue weighted by Gasteiger charge is -2.40. The van der Waals surface area contributed by atoms with Gasteiger partial charge < -0.3 is 15.1 Å². The number of carbonyl (C=O) groups excluding carboxylic acids is 1. The van der Waals surface area contributed by atoms with E-state index in [-0.39, 0.29) is 31.5 Å². The van der Waals surface area contributed by atoms with Gasteiger partial charge in [0.1, 0.15) is 5.88 Å². The third-order valence-corrected chi connectivity index (χ3v) is 5.92. The maximum atomic E-state index is 13.1. The second-order valence-corrected chi connectivity index (χ2v) is 9.75. The summed E-state index contributed by atoms with van der Waals surface area (Å²) in [6, 6.07) is 19.2. The molecule has 3 aromatic rings. The molecule has 182 valence electrons. The summed E-state index contributed by atoms with van der Waals surface area (Å²) in [5.41, 5.74) is 1.49. The van der Waals surface area contributed by atoms with Crippen LogP contribution in [0.5, 0.6) is 0 Å². The first-order valence-corrected chi connectivity index (χ1v) is 11.9. The molecular weight excluding hydrogens is 452 g/mol. The molecule has 1 amide bonds. The fourth-order valence-corrected chi connectivity index (χ4v) is 4.17. The minimum atomic E-state index is -0.493. The Labute approximate surface area is 206 Å². The Morgan fingerprint density at radius 1 is 1.03 bits per heavy atom. The van der Waals surface area contributed by atoms with Crippen LogP contribution in [0.1, 0.15) is 38.2 Å². The molecule has 0 saturated carbocycles. The molecule has 0 saturated heterocycles. The lowest BCUT2D eigenvalue weighted by molar-refractivity contribution is -0.135. The van der Waals surface area contributed by atoms with E-state index in [0.29, 0.717) is 18.2 Å². The number of carbonyl (C=O) groups is 1.